The Morgan fingerprint density at radius 3 is 2.62 bits per heavy atom. The number of rotatable bonds is 3. The maximum atomic E-state index is 13.4. The number of aromatic amines is 2. The third-order valence-corrected chi connectivity index (χ3v) is 5.37. The van der Waals surface area contributed by atoms with Crippen LogP contribution in [0.5, 0.6) is 5.75 Å². The van der Waals surface area contributed by atoms with Gasteiger partial charge in [-0.05, 0) is 53.6 Å². The molecule has 5 aromatic heterocycles. The number of nitrogens with zero attached hydrogens (tertiary/aromatic N) is 4. The van der Waals surface area contributed by atoms with Gasteiger partial charge in [0, 0.05) is 23.3 Å². The molecule has 0 aliphatic heterocycles. The van der Waals surface area contributed by atoms with E-state index in [0.717, 1.165) is 27.7 Å². The van der Waals surface area contributed by atoms with Crippen molar-refractivity contribution < 1.29 is 9.50 Å². The maximum Gasteiger partial charge on any atom is 0.138 e. The molecule has 154 valence electrons. The minimum absolute atomic E-state index is 0.0758. The van der Waals surface area contributed by atoms with E-state index in [1.807, 2.05) is 24.3 Å². The van der Waals surface area contributed by atoms with Gasteiger partial charge in [0.2, 0.25) is 0 Å². The Morgan fingerprint density at radius 2 is 1.78 bits per heavy atom. The van der Waals surface area contributed by atoms with E-state index < -0.39 is 0 Å². The summed E-state index contributed by atoms with van der Waals surface area (Å²) in [4.78, 5) is 16.6. The van der Waals surface area contributed by atoms with Crippen LogP contribution in [0.1, 0.15) is 0 Å². The lowest BCUT2D eigenvalue weighted by Gasteiger charge is -2.02. The molecule has 0 aliphatic carbocycles. The topological polar surface area (TPSA) is 103 Å². The first-order valence-electron chi connectivity index (χ1n) is 9.89. The summed E-state index contributed by atoms with van der Waals surface area (Å²) in [5.41, 5.74) is 6.78. The molecular weight excluding hydrogens is 407 g/mol. The zero-order valence-electron chi connectivity index (χ0n) is 16.5. The molecule has 0 radical (unpaired) electrons. The molecule has 1 aromatic carbocycles. The molecule has 0 spiro atoms. The molecule has 7 nitrogen and oxygen atoms in total. The van der Waals surface area contributed by atoms with Crippen LogP contribution >= 0.6 is 0 Å². The molecular formula is C24H15FN6O. The number of H-pyrrole nitrogens is 2. The SMILES string of the molecule is Oc1cncc(-c2ccc3[nH]nc(-c4cc5c(-c6ccc(F)cc6)ccnc5[nH]4)c3n2)c1. The molecule has 0 saturated heterocycles. The van der Waals surface area contributed by atoms with Crippen molar-refractivity contribution >= 4 is 22.1 Å². The van der Waals surface area contributed by atoms with E-state index in [1.165, 1.54) is 18.3 Å². The normalized spacial score (nSPS) is 11.4. The summed E-state index contributed by atoms with van der Waals surface area (Å²) in [7, 11) is 0. The minimum Gasteiger partial charge on any atom is -0.506 e. The lowest BCUT2D eigenvalue weighted by atomic mass is 10.0. The Kier molecular flexibility index (Phi) is 3.97. The lowest BCUT2D eigenvalue weighted by molar-refractivity contribution is 0.473. The molecule has 0 unspecified atom stereocenters. The zero-order chi connectivity index (χ0) is 21.7. The summed E-state index contributed by atoms with van der Waals surface area (Å²) in [5.74, 6) is -0.201. The van der Waals surface area contributed by atoms with Crippen molar-refractivity contribution in [2.75, 3.05) is 0 Å². The highest BCUT2D eigenvalue weighted by molar-refractivity contribution is 5.99. The van der Waals surface area contributed by atoms with E-state index in [1.54, 1.807) is 30.6 Å². The van der Waals surface area contributed by atoms with Gasteiger partial charge in [0.1, 0.15) is 28.4 Å². The Balaban J connectivity index is 1.50. The number of hydrogen-bond acceptors (Lipinski definition) is 5. The van der Waals surface area contributed by atoms with Crippen molar-refractivity contribution in [1.29, 1.82) is 0 Å². The van der Waals surface area contributed by atoms with Gasteiger partial charge in [-0.1, -0.05) is 12.1 Å². The van der Waals surface area contributed by atoms with Gasteiger partial charge in [0.05, 0.1) is 23.1 Å². The monoisotopic (exact) mass is 422 g/mol. The minimum atomic E-state index is -0.277. The van der Waals surface area contributed by atoms with Crippen molar-refractivity contribution in [2.45, 2.75) is 0 Å². The van der Waals surface area contributed by atoms with Crippen LogP contribution in [-0.4, -0.2) is 35.2 Å². The molecule has 0 aliphatic rings. The molecule has 0 fully saturated rings. The van der Waals surface area contributed by atoms with E-state index in [-0.39, 0.29) is 11.6 Å². The summed E-state index contributed by atoms with van der Waals surface area (Å²) in [6, 6.07) is 15.6. The van der Waals surface area contributed by atoms with E-state index in [9.17, 15) is 9.50 Å². The molecule has 5 heterocycles. The molecule has 0 bridgehead atoms. The van der Waals surface area contributed by atoms with Gasteiger partial charge in [-0.2, -0.15) is 5.10 Å². The summed E-state index contributed by atoms with van der Waals surface area (Å²) < 4.78 is 13.4. The van der Waals surface area contributed by atoms with E-state index in [4.69, 9.17) is 4.98 Å². The largest absolute Gasteiger partial charge is 0.506 e. The van der Waals surface area contributed by atoms with E-state index in [2.05, 4.69) is 25.1 Å². The number of fused-ring (bicyclic) bond motifs is 2. The van der Waals surface area contributed by atoms with Crippen LogP contribution in [-0.2, 0) is 0 Å². The highest BCUT2D eigenvalue weighted by Crippen LogP contribution is 2.33. The predicted octanol–water partition coefficient (Wildman–Crippen LogP) is 5.07. The lowest BCUT2D eigenvalue weighted by Crippen LogP contribution is -1.87. The van der Waals surface area contributed by atoms with Gasteiger partial charge in [0.15, 0.2) is 0 Å². The van der Waals surface area contributed by atoms with Crippen LogP contribution in [0, 0.1) is 5.82 Å². The summed E-state index contributed by atoms with van der Waals surface area (Å²) in [6.45, 7) is 0. The Morgan fingerprint density at radius 1 is 0.906 bits per heavy atom. The summed E-state index contributed by atoms with van der Waals surface area (Å²) >= 11 is 0. The smallest absolute Gasteiger partial charge is 0.138 e. The van der Waals surface area contributed by atoms with Crippen LogP contribution in [0.15, 0.2) is 73.2 Å². The van der Waals surface area contributed by atoms with Crippen LogP contribution < -0.4 is 0 Å². The predicted molar refractivity (Wildman–Crippen MR) is 119 cm³/mol. The molecule has 6 aromatic rings. The number of hydrogen-bond donors (Lipinski definition) is 3. The second-order valence-electron chi connectivity index (χ2n) is 7.41. The third kappa shape index (κ3) is 2.97. The fourth-order valence-corrected chi connectivity index (χ4v) is 3.85. The average molecular weight is 422 g/mol. The van der Waals surface area contributed by atoms with Gasteiger partial charge in [0.25, 0.3) is 0 Å². The molecule has 0 saturated carbocycles. The molecule has 3 N–H and O–H groups in total. The first kappa shape index (κ1) is 18.2. The van der Waals surface area contributed by atoms with Crippen molar-refractivity contribution in [3.63, 3.8) is 0 Å². The summed E-state index contributed by atoms with van der Waals surface area (Å²) in [6.07, 6.45) is 4.74. The second kappa shape index (κ2) is 6.98. The number of aromatic hydroxyl groups is 1. The quantitative estimate of drug-likeness (QED) is 0.369. The van der Waals surface area contributed by atoms with Crippen molar-refractivity contribution in [2.24, 2.45) is 0 Å². The highest BCUT2D eigenvalue weighted by atomic mass is 19.1. The van der Waals surface area contributed by atoms with E-state index in [0.29, 0.717) is 28.1 Å². The van der Waals surface area contributed by atoms with Crippen molar-refractivity contribution in [1.82, 2.24) is 30.1 Å². The molecule has 32 heavy (non-hydrogen) atoms. The van der Waals surface area contributed by atoms with Crippen LogP contribution in [0.25, 0.3) is 55.8 Å². The molecule has 0 amide bonds. The fraction of sp³-hybridized carbons (Fsp3) is 0. The number of aromatic nitrogens is 6. The van der Waals surface area contributed by atoms with Crippen molar-refractivity contribution in [3.8, 4) is 39.5 Å². The second-order valence-corrected chi connectivity index (χ2v) is 7.41. The first-order valence-corrected chi connectivity index (χ1v) is 9.89. The van der Waals surface area contributed by atoms with Crippen LogP contribution in [0.2, 0.25) is 0 Å². The molecule has 6 rings (SSSR count). The number of pyridine rings is 3. The Bertz CT molecular complexity index is 1600. The third-order valence-electron chi connectivity index (χ3n) is 5.37. The standard InChI is InChI=1S/C24H15FN6O/c25-15-3-1-13(2-4-15)17-7-8-27-24-18(17)10-21(29-24)23-22-20(30-31-23)6-5-19(28-22)14-9-16(32)12-26-11-14/h1-12,32H,(H,27,29)(H,30,31). The molecule has 8 heteroatoms. The zero-order valence-corrected chi connectivity index (χ0v) is 16.5. The molecule has 0 atom stereocenters. The van der Waals surface area contributed by atoms with Gasteiger partial charge < -0.3 is 10.1 Å². The summed E-state index contributed by atoms with van der Waals surface area (Å²) in [5, 5.41) is 18.1. The van der Waals surface area contributed by atoms with Gasteiger partial charge >= 0.3 is 0 Å². The number of benzene rings is 1. The first-order chi connectivity index (χ1) is 15.7. The van der Waals surface area contributed by atoms with Gasteiger partial charge in [-0.25, -0.2) is 14.4 Å². The van der Waals surface area contributed by atoms with Gasteiger partial charge in [-0.3, -0.25) is 10.1 Å². The van der Waals surface area contributed by atoms with Crippen LogP contribution in [0.3, 0.4) is 0 Å². The highest BCUT2D eigenvalue weighted by Gasteiger charge is 2.16. The van der Waals surface area contributed by atoms with Crippen LogP contribution in [0.4, 0.5) is 4.39 Å². The van der Waals surface area contributed by atoms with Crippen molar-refractivity contribution in [3.05, 3.63) is 79.0 Å². The van der Waals surface area contributed by atoms with Gasteiger partial charge in [-0.15, -0.1) is 0 Å². The number of nitrogens with one attached hydrogen (secondary N) is 2. The Hall–Kier alpha value is -4.59. The average Bonchev–Trinajstić information content (AvgIpc) is 3.43. The fourth-order valence-electron chi connectivity index (χ4n) is 3.85. The Labute approximate surface area is 180 Å². The van der Waals surface area contributed by atoms with E-state index >= 15 is 0 Å². The maximum absolute atomic E-state index is 13.4. The number of halogens is 1.